The highest BCUT2D eigenvalue weighted by Crippen LogP contribution is 2.15. The van der Waals surface area contributed by atoms with E-state index in [0.29, 0.717) is 6.42 Å². The lowest BCUT2D eigenvalue weighted by Crippen LogP contribution is -2.23. The molecule has 13 heavy (non-hydrogen) atoms. The molecule has 0 spiro atoms. The Morgan fingerprint density at radius 3 is 2.77 bits per heavy atom. The number of hydrogen-bond acceptors (Lipinski definition) is 3. The van der Waals surface area contributed by atoms with Crippen LogP contribution in [0.4, 0.5) is 0 Å². The van der Waals surface area contributed by atoms with Gasteiger partial charge in [0.05, 0.1) is 12.4 Å². The van der Waals surface area contributed by atoms with Crippen LogP contribution in [0, 0.1) is 23.7 Å². The quantitative estimate of drug-likeness (QED) is 0.471. The molecule has 0 N–H and O–H groups in total. The van der Waals surface area contributed by atoms with E-state index in [0.717, 1.165) is 0 Å². The van der Waals surface area contributed by atoms with Crippen molar-refractivity contribution in [3.8, 4) is 11.8 Å². The molecule has 0 saturated carbocycles. The maximum Gasteiger partial charge on any atom is 0.268 e. The molecular formula is C9H14O3S. The summed E-state index contributed by atoms with van der Waals surface area (Å²) in [6.07, 6.45) is 0.502. The van der Waals surface area contributed by atoms with E-state index < -0.39 is 10.1 Å². The second-order valence-corrected chi connectivity index (χ2v) is 5.15. The van der Waals surface area contributed by atoms with Gasteiger partial charge in [-0.3, -0.25) is 4.18 Å². The lowest BCUT2D eigenvalue weighted by Gasteiger charge is -2.16. The van der Waals surface area contributed by atoms with Crippen LogP contribution in [0.1, 0.15) is 20.3 Å². The normalized spacial score (nSPS) is 27.2. The molecule has 74 valence electrons. The molecule has 0 radical (unpaired) electrons. The van der Waals surface area contributed by atoms with Crippen LogP contribution in [0.2, 0.25) is 0 Å². The highest BCUT2D eigenvalue weighted by molar-refractivity contribution is 7.86. The lowest BCUT2D eigenvalue weighted by atomic mass is 9.98. The Hall–Kier alpha value is -0.530. The van der Waals surface area contributed by atoms with Gasteiger partial charge in [0.15, 0.2) is 0 Å². The highest BCUT2D eigenvalue weighted by atomic mass is 32.2. The van der Waals surface area contributed by atoms with Gasteiger partial charge in [-0.05, 0) is 5.92 Å². The monoisotopic (exact) mass is 202 g/mol. The first-order valence-corrected chi connectivity index (χ1v) is 5.94. The van der Waals surface area contributed by atoms with Crippen molar-refractivity contribution in [3.63, 3.8) is 0 Å². The van der Waals surface area contributed by atoms with Gasteiger partial charge < -0.3 is 0 Å². The molecule has 0 aliphatic carbocycles. The average Bonchev–Trinajstić information content (AvgIpc) is 1.97. The minimum Gasteiger partial charge on any atom is -0.269 e. The first-order chi connectivity index (χ1) is 6.01. The molecule has 0 aromatic heterocycles. The van der Waals surface area contributed by atoms with Crippen LogP contribution in [-0.2, 0) is 14.3 Å². The van der Waals surface area contributed by atoms with Crippen LogP contribution in [0.3, 0.4) is 0 Å². The van der Waals surface area contributed by atoms with Crippen molar-refractivity contribution in [3.05, 3.63) is 0 Å². The molecule has 0 aromatic rings. The molecule has 1 aliphatic heterocycles. The molecule has 0 saturated heterocycles. The summed E-state index contributed by atoms with van der Waals surface area (Å²) in [5, 5.41) is 0. The molecule has 3 nitrogen and oxygen atoms in total. The molecular weight excluding hydrogens is 188 g/mol. The van der Waals surface area contributed by atoms with Gasteiger partial charge >= 0.3 is 0 Å². The summed E-state index contributed by atoms with van der Waals surface area (Å²) < 4.78 is 27.2. The second kappa shape index (κ2) is 4.12. The Bertz CT molecular complexity index is 319. The zero-order valence-corrected chi connectivity index (χ0v) is 8.73. The lowest BCUT2D eigenvalue weighted by molar-refractivity contribution is 0.318. The van der Waals surface area contributed by atoms with Crippen LogP contribution in [0.5, 0.6) is 0 Å². The SMILES string of the molecule is CC(C)C1C#CCCOS(=O)(=O)C1. The van der Waals surface area contributed by atoms with Gasteiger partial charge in [0, 0.05) is 12.3 Å². The molecule has 0 amide bonds. The van der Waals surface area contributed by atoms with Gasteiger partial charge in [-0.2, -0.15) is 8.42 Å². The van der Waals surface area contributed by atoms with Gasteiger partial charge in [0.25, 0.3) is 10.1 Å². The van der Waals surface area contributed by atoms with E-state index in [2.05, 4.69) is 11.8 Å². The third kappa shape index (κ3) is 3.37. The zero-order valence-electron chi connectivity index (χ0n) is 7.91. The molecule has 0 bridgehead atoms. The largest absolute Gasteiger partial charge is 0.269 e. The molecule has 1 aliphatic rings. The topological polar surface area (TPSA) is 43.4 Å². The summed E-state index contributed by atoms with van der Waals surface area (Å²) >= 11 is 0. The minimum atomic E-state index is -3.34. The maximum absolute atomic E-state index is 11.2. The molecule has 0 fully saturated rings. The van der Waals surface area contributed by atoms with Crippen molar-refractivity contribution in [1.82, 2.24) is 0 Å². The number of hydrogen-bond donors (Lipinski definition) is 0. The summed E-state index contributed by atoms with van der Waals surface area (Å²) in [4.78, 5) is 0. The Kier molecular flexibility index (Phi) is 3.34. The van der Waals surface area contributed by atoms with E-state index in [-0.39, 0.29) is 24.2 Å². The first kappa shape index (κ1) is 10.6. The molecule has 1 atom stereocenters. The zero-order chi connectivity index (χ0) is 9.90. The fourth-order valence-electron chi connectivity index (χ4n) is 1.09. The smallest absolute Gasteiger partial charge is 0.268 e. The first-order valence-electron chi connectivity index (χ1n) is 4.37. The average molecular weight is 202 g/mol. The third-order valence-corrected chi connectivity index (χ3v) is 3.26. The van der Waals surface area contributed by atoms with E-state index >= 15 is 0 Å². The van der Waals surface area contributed by atoms with Crippen LogP contribution < -0.4 is 0 Å². The predicted octanol–water partition coefficient (Wildman–Crippen LogP) is 1.01. The van der Waals surface area contributed by atoms with Crippen molar-refractivity contribution in [2.45, 2.75) is 20.3 Å². The number of rotatable bonds is 1. The molecule has 0 aromatic carbocycles. The summed E-state index contributed by atoms with van der Waals surface area (Å²) in [6, 6.07) is 0. The second-order valence-electron chi connectivity index (χ2n) is 3.47. The van der Waals surface area contributed by atoms with Gasteiger partial charge in [-0.25, -0.2) is 0 Å². The van der Waals surface area contributed by atoms with E-state index in [1.165, 1.54) is 0 Å². The summed E-state index contributed by atoms with van der Waals surface area (Å²) in [7, 11) is -3.34. The van der Waals surface area contributed by atoms with Crippen molar-refractivity contribution in [1.29, 1.82) is 0 Å². The predicted molar refractivity (Wildman–Crippen MR) is 50.5 cm³/mol. The van der Waals surface area contributed by atoms with Crippen LogP contribution >= 0.6 is 0 Å². The summed E-state index contributed by atoms with van der Waals surface area (Å²) in [6.45, 7) is 4.13. The van der Waals surface area contributed by atoms with Gasteiger partial charge in [-0.15, -0.1) is 5.92 Å². The highest BCUT2D eigenvalue weighted by Gasteiger charge is 2.21. The van der Waals surface area contributed by atoms with Gasteiger partial charge in [0.1, 0.15) is 0 Å². The van der Waals surface area contributed by atoms with Crippen molar-refractivity contribution < 1.29 is 12.6 Å². The van der Waals surface area contributed by atoms with Crippen molar-refractivity contribution >= 4 is 10.1 Å². The Morgan fingerprint density at radius 1 is 1.46 bits per heavy atom. The molecule has 1 rings (SSSR count). The maximum atomic E-state index is 11.2. The molecule has 4 heteroatoms. The minimum absolute atomic E-state index is 0.0255. The van der Waals surface area contributed by atoms with E-state index in [4.69, 9.17) is 4.18 Å². The van der Waals surface area contributed by atoms with Crippen LogP contribution in [0.25, 0.3) is 0 Å². The van der Waals surface area contributed by atoms with Gasteiger partial charge in [0.2, 0.25) is 0 Å². The standard InChI is InChI=1S/C9H14O3S/c1-8(2)9-5-3-4-6-12-13(10,11)7-9/h8-9H,4,6-7H2,1-2H3. The van der Waals surface area contributed by atoms with Crippen LogP contribution in [-0.4, -0.2) is 20.8 Å². The van der Waals surface area contributed by atoms with Crippen molar-refractivity contribution in [2.75, 3.05) is 12.4 Å². The Balaban J connectivity index is 2.82. The molecule has 1 heterocycles. The fraction of sp³-hybridized carbons (Fsp3) is 0.778. The summed E-state index contributed by atoms with van der Waals surface area (Å²) in [5.41, 5.74) is 0. The van der Waals surface area contributed by atoms with Crippen molar-refractivity contribution in [2.24, 2.45) is 11.8 Å². The van der Waals surface area contributed by atoms with E-state index in [9.17, 15) is 8.42 Å². The fourth-order valence-corrected chi connectivity index (χ4v) is 2.43. The third-order valence-electron chi connectivity index (χ3n) is 1.97. The van der Waals surface area contributed by atoms with Gasteiger partial charge in [-0.1, -0.05) is 19.8 Å². The summed E-state index contributed by atoms with van der Waals surface area (Å²) in [5.74, 6) is 6.07. The Morgan fingerprint density at radius 2 is 2.15 bits per heavy atom. The Labute approximate surface area is 79.6 Å². The van der Waals surface area contributed by atoms with E-state index in [1.54, 1.807) is 0 Å². The van der Waals surface area contributed by atoms with E-state index in [1.807, 2.05) is 13.8 Å². The van der Waals surface area contributed by atoms with Crippen LogP contribution in [0.15, 0.2) is 0 Å². The molecule has 1 unspecified atom stereocenters.